The highest BCUT2D eigenvalue weighted by atomic mass is 35.5. The molecule has 1 aliphatic heterocycles. The van der Waals surface area contributed by atoms with Gasteiger partial charge >= 0.3 is 0 Å². The zero-order chi connectivity index (χ0) is 16.5. The van der Waals surface area contributed by atoms with E-state index in [-0.39, 0.29) is 5.91 Å². The number of rotatable bonds is 4. The van der Waals surface area contributed by atoms with Gasteiger partial charge in [0.15, 0.2) is 5.65 Å². The Labute approximate surface area is 145 Å². The standard InChI is InChI=1S/C17H21ClN4O2/c18-14-5-4-13-16(20-14)22(12-2-1-3-12)17(19-13)21-15(23)10-11-6-8-24-9-7-11/h4-5,11-12H,1-3,6-10H2,(H,19,21,23). The minimum absolute atomic E-state index is 0.0175. The topological polar surface area (TPSA) is 69.0 Å². The maximum atomic E-state index is 12.5. The lowest BCUT2D eigenvalue weighted by Gasteiger charge is -2.28. The summed E-state index contributed by atoms with van der Waals surface area (Å²) in [6.45, 7) is 1.50. The fourth-order valence-electron chi connectivity index (χ4n) is 3.42. The third-order valence-corrected chi connectivity index (χ3v) is 5.22. The fourth-order valence-corrected chi connectivity index (χ4v) is 3.56. The first-order valence-corrected chi connectivity index (χ1v) is 9.00. The fraction of sp³-hybridized carbons (Fsp3) is 0.588. The second-order valence-electron chi connectivity index (χ2n) is 6.67. The number of pyridine rings is 1. The van der Waals surface area contributed by atoms with Crippen molar-refractivity contribution in [2.45, 2.75) is 44.6 Å². The lowest BCUT2D eigenvalue weighted by atomic mass is 9.93. The van der Waals surface area contributed by atoms with Gasteiger partial charge in [0.25, 0.3) is 0 Å². The number of hydrogen-bond acceptors (Lipinski definition) is 4. The highest BCUT2D eigenvalue weighted by molar-refractivity contribution is 6.29. The molecule has 1 aliphatic carbocycles. The van der Waals surface area contributed by atoms with E-state index in [0.29, 0.717) is 29.5 Å². The van der Waals surface area contributed by atoms with E-state index in [1.807, 2.05) is 10.6 Å². The Hall–Kier alpha value is -1.66. The van der Waals surface area contributed by atoms with Crippen molar-refractivity contribution in [3.8, 4) is 0 Å². The maximum absolute atomic E-state index is 12.5. The van der Waals surface area contributed by atoms with E-state index in [0.717, 1.165) is 50.1 Å². The number of imidazole rings is 1. The van der Waals surface area contributed by atoms with E-state index in [1.165, 1.54) is 6.42 Å². The average molecular weight is 349 g/mol. The molecular formula is C17H21ClN4O2. The van der Waals surface area contributed by atoms with E-state index >= 15 is 0 Å². The summed E-state index contributed by atoms with van der Waals surface area (Å²) in [7, 11) is 0. The number of hydrogen-bond donors (Lipinski definition) is 1. The Bertz CT molecular complexity index is 750. The second kappa shape index (κ2) is 6.69. The second-order valence-corrected chi connectivity index (χ2v) is 7.06. The highest BCUT2D eigenvalue weighted by Crippen LogP contribution is 2.37. The molecule has 6 nitrogen and oxygen atoms in total. The number of nitrogens with one attached hydrogen (secondary N) is 1. The van der Waals surface area contributed by atoms with E-state index < -0.39 is 0 Å². The van der Waals surface area contributed by atoms with Crippen molar-refractivity contribution in [1.82, 2.24) is 14.5 Å². The molecule has 2 fully saturated rings. The van der Waals surface area contributed by atoms with Gasteiger partial charge in [0.1, 0.15) is 10.7 Å². The summed E-state index contributed by atoms with van der Waals surface area (Å²) in [5.41, 5.74) is 1.53. The number of fused-ring (bicyclic) bond motifs is 1. The Kier molecular flexibility index (Phi) is 4.41. The normalized spacial score (nSPS) is 19.4. The first-order chi connectivity index (χ1) is 11.7. The zero-order valence-corrected chi connectivity index (χ0v) is 14.3. The molecule has 1 N–H and O–H groups in total. The Morgan fingerprint density at radius 3 is 2.75 bits per heavy atom. The van der Waals surface area contributed by atoms with Crippen LogP contribution in [0.2, 0.25) is 5.15 Å². The van der Waals surface area contributed by atoms with Gasteiger partial charge in [0, 0.05) is 25.7 Å². The number of amides is 1. The highest BCUT2D eigenvalue weighted by Gasteiger charge is 2.27. The van der Waals surface area contributed by atoms with Crippen LogP contribution in [0.15, 0.2) is 12.1 Å². The molecular weight excluding hydrogens is 328 g/mol. The molecule has 7 heteroatoms. The van der Waals surface area contributed by atoms with Crippen LogP contribution in [0.1, 0.15) is 44.6 Å². The van der Waals surface area contributed by atoms with Crippen LogP contribution in [0, 0.1) is 5.92 Å². The van der Waals surface area contributed by atoms with Gasteiger partial charge in [-0.2, -0.15) is 0 Å². The minimum Gasteiger partial charge on any atom is -0.381 e. The van der Waals surface area contributed by atoms with Crippen LogP contribution in [0.3, 0.4) is 0 Å². The van der Waals surface area contributed by atoms with Crippen LogP contribution in [0.25, 0.3) is 11.2 Å². The van der Waals surface area contributed by atoms with Crippen molar-refractivity contribution in [3.05, 3.63) is 17.3 Å². The number of carbonyl (C=O) groups is 1. The molecule has 2 aromatic heterocycles. The summed E-state index contributed by atoms with van der Waals surface area (Å²) in [6.07, 6.45) is 5.78. The number of aromatic nitrogens is 3. The van der Waals surface area contributed by atoms with Gasteiger partial charge < -0.3 is 4.74 Å². The summed E-state index contributed by atoms with van der Waals surface area (Å²) < 4.78 is 7.40. The molecule has 1 saturated heterocycles. The molecule has 24 heavy (non-hydrogen) atoms. The molecule has 0 radical (unpaired) electrons. The van der Waals surface area contributed by atoms with Gasteiger partial charge in [-0.1, -0.05) is 11.6 Å². The number of nitrogens with zero attached hydrogens (tertiary/aromatic N) is 3. The molecule has 1 saturated carbocycles. The van der Waals surface area contributed by atoms with Crippen LogP contribution in [-0.2, 0) is 9.53 Å². The average Bonchev–Trinajstić information content (AvgIpc) is 2.84. The smallest absolute Gasteiger partial charge is 0.226 e. The van der Waals surface area contributed by atoms with Crippen molar-refractivity contribution in [2.24, 2.45) is 5.92 Å². The van der Waals surface area contributed by atoms with Gasteiger partial charge in [-0.25, -0.2) is 9.97 Å². The predicted octanol–water partition coefficient (Wildman–Crippen LogP) is 3.56. The lowest BCUT2D eigenvalue weighted by molar-refractivity contribution is -0.117. The molecule has 4 rings (SSSR count). The molecule has 1 amide bonds. The molecule has 3 heterocycles. The SMILES string of the molecule is O=C(CC1CCOCC1)Nc1nc2ccc(Cl)nc2n1C1CCC1. The predicted molar refractivity (Wildman–Crippen MR) is 92.2 cm³/mol. The maximum Gasteiger partial charge on any atom is 0.226 e. The molecule has 0 aromatic carbocycles. The van der Waals surface area contributed by atoms with Crippen molar-refractivity contribution in [3.63, 3.8) is 0 Å². The van der Waals surface area contributed by atoms with E-state index in [4.69, 9.17) is 16.3 Å². The summed E-state index contributed by atoms with van der Waals surface area (Å²) in [5.74, 6) is 1.01. The number of ether oxygens (including phenoxy) is 1. The molecule has 0 atom stereocenters. The van der Waals surface area contributed by atoms with E-state index in [1.54, 1.807) is 6.07 Å². The first kappa shape index (κ1) is 15.8. The zero-order valence-electron chi connectivity index (χ0n) is 13.5. The monoisotopic (exact) mass is 348 g/mol. The van der Waals surface area contributed by atoms with Gasteiger partial charge in [-0.15, -0.1) is 0 Å². The van der Waals surface area contributed by atoms with Crippen LogP contribution in [-0.4, -0.2) is 33.7 Å². The molecule has 128 valence electrons. The summed E-state index contributed by atoms with van der Waals surface area (Å²) in [5, 5.41) is 3.45. The third kappa shape index (κ3) is 3.13. The Morgan fingerprint density at radius 2 is 2.04 bits per heavy atom. The van der Waals surface area contributed by atoms with Crippen molar-refractivity contribution in [2.75, 3.05) is 18.5 Å². The molecule has 0 unspecified atom stereocenters. The number of carbonyl (C=O) groups excluding carboxylic acids is 1. The Balaban J connectivity index is 1.57. The van der Waals surface area contributed by atoms with Crippen LogP contribution in [0.5, 0.6) is 0 Å². The molecule has 0 spiro atoms. The van der Waals surface area contributed by atoms with E-state index in [9.17, 15) is 4.79 Å². The Morgan fingerprint density at radius 1 is 1.25 bits per heavy atom. The summed E-state index contributed by atoms with van der Waals surface area (Å²) >= 11 is 6.05. The van der Waals surface area contributed by atoms with Crippen molar-refractivity contribution in [1.29, 1.82) is 0 Å². The first-order valence-electron chi connectivity index (χ1n) is 8.63. The third-order valence-electron chi connectivity index (χ3n) is 5.01. The van der Waals surface area contributed by atoms with Gasteiger partial charge in [0.2, 0.25) is 11.9 Å². The quantitative estimate of drug-likeness (QED) is 0.858. The van der Waals surface area contributed by atoms with E-state index in [2.05, 4.69) is 15.3 Å². The van der Waals surface area contributed by atoms with Crippen LogP contribution in [0.4, 0.5) is 5.95 Å². The van der Waals surface area contributed by atoms with Crippen LogP contribution < -0.4 is 5.32 Å². The van der Waals surface area contributed by atoms with Crippen molar-refractivity contribution >= 4 is 34.6 Å². The minimum atomic E-state index is 0.0175. The summed E-state index contributed by atoms with van der Waals surface area (Å²) in [6, 6.07) is 3.93. The van der Waals surface area contributed by atoms with Gasteiger partial charge in [-0.3, -0.25) is 14.7 Å². The summed E-state index contributed by atoms with van der Waals surface area (Å²) in [4.78, 5) is 21.4. The van der Waals surface area contributed by atoms with Gasteiger partial charge in [-0.05, 0) is 50.2 Å². The van der Waals surface area contributed by atoms with Gasteiger partial charge in [0.05, 0.1) is 0 Å². The molecule has 2 aromatic rings. The van der Waals surface area contributed by atoms with Crippen LogP contribution >= 0.6 is 11.6 Å². The van der Waals surface area contributed by atoms with Crippen molar-refractivity contribution < 1.29 is 9.53 Å². The largest absolute Gasteiger partial charge is 0.381 e. The number of halogens is 1. The number of anilines is 1. The lowest BCUT2D eigenvalue weighted by Crippen LogP contribution is -2.25. The molecule has 0 bridgehead atoms. The molecule has 2 aliphatic rings.